The van der Waals surface area contributed by atoms with Crippen molar-refractivity contribution >= 4 is 35.3 Å². The number of ether oxygens (including phenoxy) is 2. The molecule has 0 saturated heterocycles. The van der Waals surface area contributed by atoms with E-state index in [0.717, 1.165) is 16.7 Å². The number of nitrogens with one attached hydrogen (secondary N) is 1. The molecule has 1 aliphatic heterocycles. The summed E-state index contributed by atoms with van der Waals surface area (Å²) >= 11 is 7.82. The predicted molar refractivity (Wildman–Crippen MR) is 159 cm³/mol. The Hall–Kier alpha value is -4.01. The number of nitrogens with zero attached hydrogens (tertiary/aromatic N) is 3. The molecule has 1 aromatic heterocycles. The molecule has 0 fully saturated rings. The Morgan fingerprint density at radius 3 is 2.70 bits per heavy atom. The number of aryl methyl sites for hydroxylation is 1. The van der Waals surface area contributed by atoms with Crippen molar-refractivity contribution in [2.24, 2.45) is 0 Å². The van der Waals surface area contributed by atoms with E-state index in [1.54, 1.807) is 10.8 Å². The highest BCUT2D eigenvalue weighted by molar-refractivity contribution is 7.98. The van der Waals surface area contributed by atoms with Crippen LogP contribution in [0, 0.1) is 6.92 Å². The van der Waals surface area contributed by atoms with Crippen LogP contribution in [0.4, 0.5) is 5.95 Å². The molecule has 3 aromatic carbocycles. The molecule has 0 amide bonds. The average molecular weight is 573 g/mol. The fourth-order valence-corrected chi connectivity index (χ4v) is 5.48. The normalized spacial score (nSPS) is 14.3. The van der Waals surface area contributed by atoms with Gasteiger partial charge in [-0.25, -0.2) is 9.48 Å². The molecule has 0 spiro atoms. The summed E-state index contributed by atoms with van der Waals surface area (Å²) in [5.41, 5.74) is 5.17. The van der Waals surface area contributed by atoms with Crippen molar-refractivity contribution in [3.8, 4) is 5.75 Å². The molecule has 1 aliphatic rings. The van der Waals surface area contributed by atoms with E-state index >= 15 is 0 Å². The molecular weight excluding hydrogens is 544 g/mol. The zero-order valence-electron chi connectivity index (χ0n) is 22.3. The van der Waals surface area contributed by atoms with Crippen LogP contribution in [0.3, 0.4) is 0 Å². The topological polar surface area (TPSA) is 78.3 Å². The van der Waals surface area contributed by atoms with Crippen molar-refractivity contribution in [1.29, 1.82) is 0 Å². The average Bonchev–Trinajstić information content (AvgIpc) is 3.37. The smallest absolute Gasteiger partial charge is 0.338 e. The Kier molecular flexibility index (Phi) is 8.57. The predicted octanol–water partition coefficient (Wildman–Crippen LogP) is 7.13. The van der Waals surface area contributed by atoms with Gasteiger partial charge in [0.1, 0.15) is 25.0 Å². The first-order chi connectivity index (χ1) is 19.4. The summed E-state index contributed by atoms with van der Waals surface area (Å²) < 4.78 is 13.3. The van der Waals surface area contributed by atoms with Crippen molar-refractivity contribution in [2.45, 2.75) is 37.4 Å². The number of halogens is 1. The molecule has 9 heteroatoms. The van der Waals surface area contributed by atoms with Gasteiger partial charge in [-0.2, -0.15) is 4.98 Å². The lowest BCUT2D eigenvalue weighted by Gasteiger charge is -2.28. The molecular formula is C31H29ClN4O3S. The van der Waals surface area contributed by atoms with Gasteiger partial charge in [-0.05, 0) is 48.7 Å². The molecule has 1 atom stereocenters. The Morgan fingerprint density at radius 1 is 1.12 bits per heavy atom. The molecule has 4 aromatic rings. The number of fused-ring (bicyclic) bond motifs is 1. The van der Waals surface area contributed by atoms with Gasteiger partial charge in [-0.1, -0.05) is 96.2 Å². The van der Waals surface area contributed by atoms with Crippen LogP contribution >= 0.6 is 23.4 Å². The van der Waals surface area contributed by atoms with Gasteiger partial charge < -0.3 is 14.8 Å². The zero-order chi connectivity index (χ0) is 28.1. The second-order valence-electron chi connectivity index (χ2n) is 9.34. The standard InChI is InChI=1S/C31H29ClN4O3S/c1-4-16-38-29(37)27-21(3)33-30-34-31(40-19-24-8-5-6-11-26(24)32)35-36(30)28(27)23-9-7-10-25(17-23)39-18-22-14-12-20(2)13-15-22/h4-15,17,28H,1,16,18-19H2,2-3H3,(H,33,34,35). The number of allylic oxidation sites excluding steroid dienone is 1. The Balaban J connectivity index is 1.45. The van der Waals surface area contributed by atoms with Crippen LogP contribution in [-0.2, 0) is 21.9 Å². The van der Waals surface area contributed by atoms with Gasteiger partial charge >= 0.3 is 5.97 Å². The maximum atomic E-state index is 13.3. The maximum absolute atomic E-state index is 13.3. The van der Waals surface area contributed by atoms with Crippen molar-refractivity contribution in [1.82, 2.24) is 14.8 Å². The van der Waals surface area contributed by atoms with Crippen LogP contribution < -0.4 is 10.1 Å². The Labute approximate surface area is 242 Å². The van der Waals surface area contributed by atoms with E-state index in [-0.39, 0.29) is 6.61 Å². The van der Waals surface area contributed by atoms with E-state index in [4.69, 9.17) is 31.2 Å². The minimum absolute atomic E-state index is 0.102. The highest BCUT2D eigenvalue weighted by Crippen LogP contribution is 2.38. The minimum Gasteiger partial charge on any atom is -0.489 e. The number of carbonyl (C=O) groups excluding carboxylic acids is 1. The number of carbonyl (C=O) groups is 1. The monoisotopic (exact) mass is 572 g/mol. The lowest BCUT2D eigenvalue weighted by atomic mass is 9.95. The first-order valence-electron chi connectivity index (χ1n) is 12.8. The highest BCUT2D eigenvalue weighted by atomic mass is 35.5. The van der Waals surface area contributed by atoms with Crippen LogP contribution in [0.15, 0.2) is 102 Å². The van der Waals surface area contributed by atoms with Crippen molar-refractivity contribution in [3.63, 3.8) is 0 Å². The third-order valence-corrected chi connectivity index (χ3v) is 7.66. The number of aromatic nitrogens is 3. The molecule has 1 N–H and O–H groups in total. The van der Waals surface area contributed by atoms with Gasteiger partial charge in [0, 0.05) is 16.5 Å². The maximum Gasteiger partial charge on any atom is 0.338 e. The second-order valence-corrected chi connectivity index (χ2v) is 10.7. The number of benzene rings is 3. The molecule has 5 rings (SSSR count). The number of esters is 1. The van der Waals surface area contributed by atoms with Crippen LogP contribution in [0.1, 0.15) is 35.2 Å². The van der Waals surface area contributed by atoms with E-state index in [1.165, 1.54) is 17.3 Å². The van der Waals surface area contributed by atoms with E-state index in [1.807, 2.05) is 55.5 Å². The third kappa shape index (κ3) is 6.24. The molecule has 40 heavy (non-hydrogen) atoms. The number of rotatable bonds is 10. The van der Waals surface area contributed by atoms with Crippen LogP contribution in [0.2, 0.25) is 5.02 Å². The van der Waals surface area contributed by atoms with E-state index in [0.29, 0.717) is 45.5 Å². The first kappa shape index (κ1) is 27.6. The van der Waals surface area contributed by atoms with Gasteiger partial charge in [0.05, 0.1) is 5.57 Å². The van der Waals surface area contributed by atoms with Crippen LogP contribution in [0.25, 0.3) is 0 Å². The second kappa shape index (κ2) is 12.4. The highest BCUT2D eigenvalue weighted by Gasteiger charge is 2.35. The number of anilines is 1. The van der Waals surface area contributed by atoms with E-state index < -0.39 is 12.0 Å². The van der Waals surface area contributed by atoms with E-state index in [2.05, 4.69) is 43.1 Å². The van der Waals surface area contributed by atoms with Crippen LogP contribution in [0.5, 0.6) is 5.75 Å². The molecule has 0 radical (unpaired) electrons. The summed E-state index contributed by atoms with van der Waals surface area (Å²) in [6, 6.07) is 23.0. The number of thioether (sulfide) groups is 1. The summed E-state index contributed by atoms with van der Waals surface area (Å²) in [5.74, 6) is 1.38. The molecule has 1 unspecified atom stereocenters. The summed E-state index contributed by atoms with van der Waals surface area (Å²) in [7, 11) is 0. The van der Waals surface area contributed by atoms with E-state index in [9.17, 15) is 4.79 Å². The van der Waals surface area contributed by atoms with Crippen molar-refractivity contribution < 1.29 is 14.3 Å². The SMILES string of the molecule is C=CCOC(=O)C1=C(C)Nc2nc(SCc3ccccc3Cl)nn2C1c1cccc(OCc2ccc(C)cc2)c1. The summed E-state index contributed by atoms with van der Waals surface area (Å²) in [4.78, 5) is 18.0. The van der Waals surface area contributed by atoms with Crippen molar-refractivity contribution in [2.75, 3.05) is 11.9 Å². The fraction of sp³-hybridized carbons (Fsp3) is 0.194. The third-order valence-electron chi connectivity index (χ3n) is 6.40. The molecule has 7 nitrogen and oxygen atoms in total. The minimum atomic E-state index is -0.571. The number of hydrogen-bond donors (Lipinski definition) is 1. The van der Waals surface area contributed by atoms with Gasteiger partial charge in [-0.15, -0.1) is 5.10 Å². The Morgan fingerprint density at radius 2 is 1.93 bits per heavy atom. The first-order valence-corrected chi connectivity index (χ1v) is 14.2. The van der Waals surface area contributed by atoms with Crippen LogP contribution in [-0.4, -0.2) is 27.3 Å². The molecule has 0 aliphatic carbocycles. The Bertz CT molecular complexity index is 1570. The molecule has 0 bridgehead atoms. The molecule has 2 heterocycles. The molecule has 0 saturated carbocycles. The van der Waals surface area contributed by atoms with Gasteiger partial charge in [0.2, 0.25) is 11.1 Å². The van der Waals surface area contributed by atoms with Gasteiger partial charge in [0.15, 0.2) is 0 Å². The summed E-state index contributed by atoms with van der Waals surface area (Å²) in [5, 5.41) is 9.29. The summed E-state index contributed by atoms with van der Waals surface area (Å²) in [6.45, 7) is 8.08. The number of hydrogen-bond acceptors (Lipinski definition) is 7. The fourth-order valence-electron chi connectivity index (χ4n) is 4.36. The van der Waals surface area contributed by atoms with Crippen molar-refractivity contribution in [3.05, 3.63) is 124 Å². The quantitative estimate of drug-likeness (QED) is 0.123. The molecule has 204 valence electrons. The van der Waals surface area contributed by atoms with Gasteiger partial charge in [0.25, 0.3) is 0 Å². The lowest BCUT2D eigenvalue weighted by molar-refractivity contribution is -0.138. The largest absolute Gasteiger partial charge is 0.489 e. The van der Waals surface area contributed by atoms with Gasteiger partial charge in [-0.3, -0.25) is 0 Å². The summed E-state index contributed by atoms with van der Waals surface area (Å²) in [6.07, 6.45) is 1.54. The zero-order valence-corrected chi connectivity index (χ0v) is 23.8. The lowest BCUT2D eigenvalue weighted by Crippen LogP contribution is -2.29.